The van der Waals surface area contributed by atoms with Crippen molar-refractivity contribution in [3.8, 4) is 11.5 Å². The second-order valence-electron chi connectivity index (χ2n) is 4.43. The van der Waals surface area contributed by atoms with E-state index < -0.39 is 0 Å². The van der Waals surface area contributed by atoms with Gasteiger partial charge in [-0.3, -0.25) is 4.79 Å². The summed E-state index contributed by atoms with van der Waals surface area (Å²) in [7, 11) is 1.66. The quantitative estimate of drug-likeness (QED) is 0.730. The molecule has 0 saturated carbocycles. The molecular weight excluding hydrogens is 260 g/mol. The molecule has 0 radical (unpaired) electrons. The molecular formula is C14H20N2O4. The standard InChI is InChI=1S/C14H20N2O4/c1-18-6-2-5-15-10-14(17)16-11-3-4-12-13(9-11)20-8-7-19-12/h3-4,9,15H,2,5-8,10H2,1H3,(H,16,17). The van der Waals surface area contributed by atoms with Gasteiger partial charge in [0.2, 0.25) is 5.91 Å². The first-order valence-corrected chi connectivity index (χ1v) is 6.69. The van der Waals surface area contributed by atoms with Gasteiger partial charge in [-0.2, -0.15) is 0 Å². The van der Waals surface area contributed by atoms with Crippen molar-refractivity contribution in [3.05, 3.63) is 18.2 Å². The molecule has 0 aliphatic carbocycles. The minimum atomic E-state index is -0.0842. The van der Waals surface area contributed by atoms with Crippen LogP contribution >= 0.6 is 0 Å². The summed E-state index contributed by atoms with van der Waals surface area (Å²) in [6, 6.07) is 5.38. The molecule has 0 bridgehead atoms. The number of rotatable bonds is 7. The summed E-state index contributed by atoms with van der Waals surface area (Å²) in [6.45, 7) is 2.81. The Labute approximate surface area is 118 Å². The largest absolute Gasteiger partial charge is 0.486 e. The number of fused-ring (bicyclic) bond motifs is 1. The number of carbonyl (C=O) groups excluding carboxylic acids is 1. The maximum absolute atomic E-state index is 11.7. The lowest BCUT2D eigenvalue weighted by Crippen LogP contribution is -2.29. The molecule has 1 amide bonds. The summed E-state index contributed by atoms with van der Waals surface area (Å²) < 4.78 is 15.8. The van der Waals surface area contributed by atoms with E-state index in [2.05, 4.69) is 10.6 Å². The second kappa shape index (κ2) is 7.72. The van der Waals surface area contributed by atoms with E-state index >= 15 is 0 Å². The molecule has 1 aromatic rings. The highest BCUT2D eigenvalue weighted by atomic mass is 16.6. The Hall–Kier alpha value is -1.79. The van der Waals surface area contributed by atoms with E-state index in [-0.39, 0.29) is 12.5 Å². The fraction of sp³-hybridized carbons (Fsp3) is 0.500. The number of carbonyl (C=O) groups is 1. The molecule has 0 spiro atoms. The first-order chi connectivity index (χ1) is 9.79. The molecule has 20 heavy (non-hydrogen) atoms. The molecule has 2 rings (SSSR count). The van der Waals surface area contributed by atoms with Crippen molar-refractivity contribution < 1.29 is 19.0 Å². The van der Waals surface area contributed by atoms with Gasteiger partial charge in [-0.1, -0.05) is 0 Å². The van der Waals surface area contributed by atoms with Crippen LogP contribution in [0.1, 0.15) is 6.42 Å². The number of hydrogen-bond donors (Lipinski definition) is 2. The van der Waals surface area contributed by atoms with E-state index in [1.54, 1.807) is 25.3 Å². The van der Waals surface area contributed by atoms with E-state index in [0.29, 0.717) is 37.0 Å². The average molecular weight is 280 g/mol. The number of hydrogen-bond acceptors (Lipinski definition) is 5. The topological polar surface area (TPSA) is 68.8 Å². The van der Waals surface area contributed by atoms with Crippen LogP contribution in [0.5, 0.6) is 11.5 Å². The zero-order valence-electron chi connectivity index (χ0n) is 11.6. The van der Waals surface area contributed by atoms with Gasteiger partial charge in [0.25, 0.3) is 0 Å². The van der Waals surface area contributed by atoms with Crippen LogP contribution in [-0.4, -0.2) is 45.9 Å². The zero-order chi connectivity index (χ0) is 14.2. The highest BCUT2D eigenvalue weighted by Crippen LogP contribution is 2.32. The molecule has 6 nitrogen and oxygen atoms in total. The van der Waals surface area contributed by atoms with Crippen LogP contribution in [0.4, 0.5) is 5.69 Å². The lowest BCUT2D eigenvalue weighted by molar-refractivity contribution is -0.115. The van der Waals surface area contributed by atoms with Crippen LogP contribution in [0, 0.1) is 0 Å². The molecule has 2 N–H and O–H groups in total. The number of anilines is 1. The Morgan fingerprint density at radius 3 is 2.90 bits per heavy atom. The number of nitrogens with one attached hydrogen (secondary N) is 2. The molecule has 0 aromatic heterocycles. The summed E-state index contributed by atoms with van der Waals surface area (Å²) in [4.78, 5) is 11.7. The SMILES string of the molecule is COCCCNCC(=O)Nc1ccc2c(c1)OCCO2. The minimum absolute atomic E-state index is 0.0842. The summed E-state index contributed by atoms with van der Waals surface area (Å²) >= 11 is 0. The van der Waals surface area contributed by atoms with Gasteiger partial charge in [0.1, 0.15) is 13.2 Å². The van der Waals surface area contributed by atoms with Gasteiger partial charge >= 0.3 is 0 Å². The van der Waals surface area contributed by atoms with Crippen molar-refractivity contribution in [1.29, 1.82) is 0 Å². The first-order valence-electron chi connectivity index (χ1n) is 6.69. The highest BCUT2D eigenvalue weighted by Gasteiger charge is 2.12. The van der Waals surface area contributed by atoms with Crippen molar-refractivity contribution in [1.82, 2.24) is 5.32 Å². The lowest BCUT2D eigenvalue weighted by atomic mass is 10.2. The van der Waals surface area contributed by atoms with Crippen LogP contribution in [0.2, 0.25) is 0 Å². The van der Waals surface area contributed by atoms with E-state index in [1.165, 1.54) is 0 Å². The Bertz CT molecular complexity index is 451. The van der Waals surface area contributed by atoms with Crippen LogP contribution in [0.3, 0.4) is 0 Å². The van der Waals surface area contributed by atoms with Gasteiger partial charge in [0.05, 0.1) is 6.54 Å². The summed E-state index contributed by atoms with van der Waals surface area (Å²) in [5.41, 5.74) is 0.706. The van der Waals surface area contributed by atoms with Crippen molar-refractivity contribution in [2.75, 3.05) is 45.3 Å². The summed E-state index contributed by atoms with van der Waals surface area (Å²) in [5, 5.41) is 5.87. The molecule has 0 fully saturated rings. The second-order valence-corrected chi connectivity index (χ2v) is 4.43. The molecule has 0 unspecified atom stereocenters. The van der Waals surface area contributed by atoms with Crippen LogP contribution in [0.25, 0.3) is 0 Å². The molecule has 0 saturated heterocycles. The normalized spacial score (nSPS) is 13.1. The van der Waals surface area contributed by atoms with Gasteiger partial charge in [-0.15, -0.1) is 0 Å². The van der Waals surface area contributed by atoms with Crippen LogP contribution in [-0.2, 0) is 9.53 Å². The summed E-state index contributed by atoms with van der Waals surface area (Å²) in [5.74, 6) is 1.30. The zero-order valence-corrected chi connectivity index (χ0v) is 11.6. The third-order valence-electron chi connectivity index (χ3n) is 2.81. The maximum atomic E-state index is 11.7. The van der Waals surface area contributed by atoms with Crippen molar-refractivity contribution in [3.63, 3.8) is 0 Å². The Kier molecular flexibility index (Phi) is 5.64. The molecule has 1 aliphatic rings. The molecule has 6 heteroatoms. The average Bonchev–Trinajstić information content (AvgIpc) is 2.47. The van der Waals surface area contributed by atoms with Gasteiger partial charge in [-0.25, -0.2) is 0 Å². The molecule has 1 heterocycles. The third kappa shape index (κ3) is 4.40. The van der Waals surface area contributed by atoms with E-state index in [9.17, 15) is 4.79 Å². The van der Waals surface area contributed by atoms with E-state index in [1.807, 2.05) is 0 Å². The fourth-order valence-corrected chi connectivity index (χ4v) is 1.87. The van der Waals surface area contributed by atoms with Crippen LogP contribution < -0.4 is 20.1 Å². The Morgan fingerprint density at radius 1 is 1.30 bits per heavy atom. The fourth-order valence-electron chi connectivity index (χ4n) is 1.87. The Morgan fingerprint density at radius 2 is 2.10 bits per heavy atom. The molecule has 0 atom stereocenters. The number of benzene rings is 1. The van der Waals surface area contributed by atoms with Crippen molar-refractivity contribution in [2.24, 2.45) is 0 Å². The van der Waals surface area contributed by atoms with Gasteiger partial charge in [0.15, 0.2) is 11.5 Å². The molecule has 1 aromatic carbocycles. The minimum Gasteiger partial charge on any atom is -0.486 e. The molecule has 1 aliphatic heterocycles. The highest BCUT2D eigenvalue weighted by molar-refractivity contribution is 5.92. The number of amides is 1. The van der Waals surface area contributed by atoms with Gasteiger partial charge in [0, 0.05) is 25.5 Å². The smallest absolute Gasteiger partial charge is 0.238 e. The summed E-state index contributed by atoms with van der Waals surface area (Å²) in [6.07, 6.45) is 0.883. The molecule has 110 valence electrons. The van der Waals surface area contributed by atoms with Crippen molar-refractivity contribution in [2.45, 2.75) is 6.42 Å². The monoisotopic (exact) mass is 280 g/mol. The first kappa shape index (κ1) is 14.6. The van der Waals surface area contributed by atoms with Crippen LogP contribution in [0.15, 0.2) is 18.2 Å². The van der Waals surface area contributed by atoms with Gasteiger partial charge in [-0.05, 0) is 25.1 Å². The lowest BCUT2D eigenvalue weighted by Gasteiger charge is -2.19. The third-order valence-corrected chi connectivity index (χ3v) is 2.81. The number of methoxy groups -OCH3 is 1. The predicted octanol–water partition coefficient (Wildman–Crippen LogP) is 1.02. The predicted molar refractivity (Wildman–Crippen MR) is 75.4 cm³/mol. The maximum Gasteiger partial charge on any atom is 0.238 e. The van der Waals surface area contributed by atoms with Gasteiger partial charge < -0.3 is 24.8 Å². The van der Waals surface area contributed by atoms with E-state index in [0.717, 1.165) is 13.0 Å². The van der Waals surface area contributed by atoms with Crippen molar-refractivity contribution >= 4 is 11.6 Å². The number of ether oxygens (including phenoxy) is 3. The Balaban J connectivity index is 1.76. The van der Waals surface area contributed by atoms with E-state index in [4.69, 9.17) is 14.2 Å².